The molecule has 17 heavy (non-hydrogen) atoms. The first kappa shape index (κ1) is 14.9. The Bertz CT molecular complexity index is 188. The Labute approximate surface area is 108 Å². The van der Waals surface area contributed by atoms with Gasteiger partial charge in [0.1, 0.15) is 0 Å². The van der Waals surface area contributed by atoms with Gasteiger partial charge in [-0.25, -0.2) is 0 Å². The molecule has 0 saturated carbocycles. The highest BCUT2D eigenvalue weighted by molar-refractivity contribution is 4.79. The van der Waals surface area contributed by atoms with Crippen molar-refractivity contribution in [2.24, 2.45) is 5.92 Å². The predicted octanol–water partition coefficient (Wildman–Crippen LogP) is 1.60. The van der Waals surface area contributed by atoms with Crippen LogP contribution in [0.1, 0.15) is 27.2 Å². The molecule has 2 aliphatic heterocycles. The molecular formula is C14H31N3. The van der Waals surface area contributed by atoms with Gasteiger partial charge in [0.2, 0.25) is 0 Å². The van der Waals surface area contributed by atoms with Gasteiger partial charge in [-0.2, -0.15) is 0 Å². The van der Waals surface area contributed by atoms with E-state index >= 15 is 0 Å². The summed E-state index contributed by atoms with van der Waals surface area (Å²) in [6.45, 7) is 16.6. The third kappa shape index (κ3) is 4.94. The monoisotopic (exact) mass is 241 g/mol. The second kappa shape index (κ2) is 8.06. The topological polar surface area (TPSA) is 9.72 Å². The van der Waals surface area contributed by atoms with E-state index < -0.39 is 0 Å². The van der Waals surface area contributed by atoms with Crippen molar-refractivity contribution < 1.29 is 0 Å². The molecule has 3 heteroatoms. The van der Waals surface area contributed by atoms with Gasteiger partial charge in [0.15, 0.2) is 0 Å². The van der Waals surface area contributed by atoms with Crippen molar-refractivity contribution in [2.75, 3.05) is 59.4 Å². The van der Waals surface area contributed by atoms with Crippen LogP contribution in [0.4, 0.5) is 0 Å². The molecule has 2 aliphatic rings. The SMILES string of the molecule is CC.CCN1CCC(CN2CCN(C)CC2)C1. The highest BCUT2D eigenvalue weighted by Gasteiger charge is 2.24. The summed E-state index contributed by atoms with van der Waals surface area (Å²) in [5.74, 6) is 0.938. The van der Waals surface area contributed by atoms with Crippen LogP contribution >= 0.6 is 0 Å². The largest absolute Gasteiger partial charge is 0.304 e. The van der Waals surface area contributed by atoms with E-state index in [0.717, 1.165) is 5.92 Å². The fraction of sp³-hybridized carbons (Fsp3) is 1.00. The first-order valence-electron chi connectivity index (χ1n) is 7.41. The van der Waals surface area contributed by atoms with Gasteiger partial charge < -0.3 is 14.7 Å². The number of likely N-dealkylation sites (tertiary alicyclic amines) is 1. The van der Waals surface area contributed by atoms with Crippen LogP contribution in [-0.2, 0) is 0 Å². The first-order chi connectivity index (χ1) is 8.28. The quantitative estimate of drug-likeness (QED) is 0.743. The maximum Gasteiger partial charge on any atom is 0.0110 e. The van der Waals surface area contributed by atoms with Crippen LogP contribution in [0.2, 0.25) is 0 Å². The van der Waals surface area contributed by atoms with Crippen molar-refractivity contribution in [3.8, 4) is 0 Å². The molecule has 2 heterocycles. The fourth-order valence-electron chi connectivity index (χ4n) is 2.74. The number of hydrogen-bond acceptors (Lipinski definition) is 3. The van der Waals surface area contributed by atoms with E-state index in [1.54, 1.807) is 0 Å². The molecule has 0 aromatic rings. The molecule has 0 bridgehead atoms. The van der Waals surface area contributed by atoms with Gasteiger partial charge in [-0.1, -0.05) is 20.8 Å². The van der Waals surface area contributed by atoms with Crippen molar-refractivity contribution in [1.29, 1.82) is 0 Å². The Hall–Kier alpha value is -0.120. The van der Waals surface area contributed by atoms with Crippen LogP contribution in [0.25, 0.3) is 0 Å². The Morgan fingerprint density at radius 1 is 0.941 bits per heavy atom. The minimum absolute atomic E-state index is 0.938. The normalized spacial score (nSPS) is 27.9. The molecule has 102 valence electrons. The lowest BCUT2D eigenvalue weighted by atomic mass is 10.1. The van der Waals surface area contributed by atoms with Crippen LogP contribution in [0.3, 0.4) is 0 Å². The number of nitrogens with zero attached hydrogens (tertiary/aromatic N) is 3. The lowest BCUT2D eigenvalue weighted by molar-refractivity contribution is 0.136. The Morgan fingerprint density at radius 3 is 2.12 bits per heavy atom. The van der Waals surface area contributed by atoms with Gasteiger partial charge in [-0.05, 0) is 32.5 Å². The van der Waals surface area contributed by atoms with Gasteiger partial charge in [0.05, 0.1) is 0 Å². The Kier molecular flexibility index (Phi) is 7.09. The minimum atomic E-state index is 0.938. The summed E-state index contributed by atoms with van der Waals surface area (Å²) >= 11 is 0. The first-order valence-corrected chi connectivity index (χ1v) is 7.41. The highest BCUT2D eigenvalue weighted by atomic mass is 15.3. The van der Waals surface area contributed by atoms with Crippen molar-refractivity contribution >= 4 is 0 Å². The van der Waals surface area contributed by atoms with Crippen LogP contribution in [0.15, 0.2) is 0 Å². The van der Waals surface area contributed by atoms with Crippen molar-refractivity contribution in [2.45, 2.75) is 27.2 Å². The summed E-state index contributed by atoms with van der Waals surface area (Å²) < 4.78 is 0. The van der Waals surface area contributed by atoms with E-state index in [0.29, 0.717) is 0 Å². The molecule has 0 N–H and O–H groups in total. The summed E-state index contributed by atoms with van der Waals surface area (Å²) in [6.07, 6.45) is 1.42. The summed E-state index contributed by atoms with van der Waals surface area (Å²) in [6, 6.07) is 0. The second-order valence-corrected chi connectivity index (χ2v) is 5.15. The Balaban J connectivity index is 0.000000686. The summed E-state index contributed by atoms with van der Waals surface area (Å²) in [5, 5.41) is 0. The standard InChI is InChI=1S/C12H25N3.C2H6/c1-3-14-5-4-12(10-14)11-15-8-6-13(2)7-9-15;1-2/h12H,3-11H2,1-2H3;1-2H3. The van der Waals surface area contributed by atoms with Crippen molar-refractivity contribution in [3.63, 3.8) is 0 Å². The average molecular weight is 241 g/mol. The second-order valence-electron chi connectivity index (χ2n) is 5.15. The predicted molar refractivity (Wildman–Crippen MR) is 75.5 cm³/mol. The van der Waals surface area contributed by atoms with Crippen LogP contribution in [0, 0.1) is 5.92 Å². The van der Waals surface area contributed by atoms with Gasteiger partial charge in [-0.3, -0.25) is 0 Å². The molecule has 0 amide bonds. The molecule has 2 saturated heterocycles. The molecule has 1 unspecified atom stereocenters. The molecule has 0 spiro atoms. The van der Waals surface area contributed by atoms with Gasteiger partial charge in [-0.15, -0.1) is 0 Å². The average Bonchev–Trinajstić information content (AvgIpc) is 2.82. The van der Waals surface area contributed by atoms with Gasteiger partial charge in [0, 0.05) is 39.3 Å². The molecule has 0 radical (unpaired) electrons. The fourth-order valence-corrected chi connectivity index (χ4v) is 2.74. The highest BCUT2D eigenvalue weighted by Crippen LogP contribution is 2.17. The van der Waals surface area contributed by atoms with Crippen LogP contribution < -0.4 is 0 Å². The van der Waals surface area contributed by atoms with Crippen molar-refractivity contribution in [1.82, 2.24) is 14.7 Å². The van der Waals surface area contributed by atoms with E-state index in [1.165, 1.54) is 58.8 Å². The molecule has 3 nitrogen and oxygen atoms in total. The molecule has 2 rings (SSSR count). The number of piperazine rings is 1. The van der Waals surface area contributed by atoms with Crippen LogP contribution in [0.5, 0.6) is 0 Å². The van der Waals surface area contributed by atoms with Gasteiger partial charge in [0.25, 0.3) is 0 Å². The summed E-state index contributed by atoms with van der Waals surface area (Å²) in [5.41, 5.74) is 0. The molecule has 2 fully saturated rings. The molecule has 0 aliphatic carbocycles. The van der Waals surface area contributed by atoms with E-state index in [9.17, 15) is 0 Å². The molecule has 0 aromatic heterocycles. The zero-order valence-electron chi connectivity index (χ0n) is 12.3. The third-order valence-corrected chi connectivity index (χ3v) is 3.93. The van der Waals surface area contributed by atoms with E-state index in [2.05, 4.69) is 28.7 Å². The van der Waals surface area contributed by atoms with Crippen LogP contribution in [-0.4, -0.2) is 74.1 Å². The number of rotatable bonds is 3. The summed E-state index contributed by atoms with van der Waals surface area (Å²) in [7, 11) is 2.23. The lowest BCUT2D eigenvalue weighted by Crippen LogP contribution is -2.46. The van der Waals surface area contributed by atoms with E-state index in [1.807, 2.05) is 13.8 Å². The Morgan fingerprint density at radius 2 is 1.59 bits per heavy atom. The third-order valence-electron chi connectivity index (χ3n) is 3.93. The van der Waals surface area contributed by atoms with E-state index in [-0.39, 0.29) is 0 Å². The van der Waals surface area contributed by atoms with Crippen molar-refractivity contribution in [3.05, 3.63) is 0 Å². The lowest BCUT2D eigenvalue weighted by Gasteiger charge is -2.33. The van der Waals surface area contributed by atoms with Gasteiger partial charge >= 0.3 is 0 Å². The smallest absolute Gasteiger partial charge is 0.0110 e. The molecule has 0 aromatic carbocycles. The molecule has 1 atom stereocenters. The minimum Gasteiger partial charge on any atom is -0.304 e. The summed E-state index contributed by atoms with van der Waals surface area (Å²) in [4.78, 5) is 7.67. The maximum absolute atomic E-state index is 2.66. The zero-order valence-corrected chi connectivity index (χ0v) is 12.3. The maximum atomic E-state index is 2.66. The number of likely N-dealkylation sites (N-methyl/N-ethyl adjacent to an activating group) is 1. The number of hydrogen-bond donors (Lipinski definition) is 0. The molecular weight excluding hydrogens is 210 g/mol. The zero-order chi connectivity index (χ0) is 12.7. The van der Waals surface area contributed by atoms with E-state index in [4.69, 9.17) is 0 Å².